The number of esters is 2. The van der Waals surface area contributed by atoms with Gasteiger partial charge in [-0.05, 0) is 44.2 Å². The number of hydrogen-bond acceptors (Lipinski definition) is 4. The Bertz CT molecular complexity index is 652. The van der Waals surface area contributed by atoms with Crippen LogP contribution in [0.2, 0.25) is 0 Å². The van der Waals surface area contributed by atoms with Gasteiger partial charge in [-0.2, -0.15) is 0 Å². The Balaban J connectivity index is 2.03. The first-order valence-corrected chi connectivity index (χ1v) is 12.2. The maximum atomic E-state index is 12.3. The molecular formula is C27H43NO3. The number of anilines is 1. The zero-order chi connectivity index (χ0) is 22.7. The first-order valence-electron chi connectivity index (χ1n) is 12.2. The van der Waals surface area contributed by atoms with E-state index < -0.39 is 11.9 Å². The van der Waals surface area contributed by atoms with Crippen LogP contribution in [0.15, 0.2) is 36.4 Å². The summed E-state index contributed by atoms with van der Waals surface area (Å²) in [6.07, 6.45) is 20.7. The zero-order valence-electron chi connectivity index (χ0n) is 20.0. The fraction of sp³-hybridized carbons (Fsp3) is 0.630. The summed E-state index contributed by atoms with van der Waals surface area (Å²) in [5.74, 6) is -1.00. The van der Waals surface area contributed by atoms with Crippen molar-refractivity contribution < 1.29 is 14.3 Å². The van der Waals surface area contributed by atoms with E-state index in [0.29, 0.717) is 12.0 Å². The van der Waals surface area contributed by atoms with E-state index in [0.717, 1.165) is 31.4 Å². The van der Waals surface area contributed by atoms with Crippen molar-refractivity contribution >= 4 is 17.6 Å². The van der Waals surface area contributed by atoms with E-state index in [4.69, 9.17) is 4.74 Å². The van der Waals surface area contributed by atoms with Crippen molar-refractivity contribution in [2.45, 2.75) is 96.8 Å². The molecule has 0 saturated carbocycles. The van der Waals surface area contributed by atoms with Crippen LogP contribution in [0, 0.1) is 0 Å². The molecule has 0 saturated heterocycles. The molecule has 1 rings (SSSR count). The van der Waals surface area contributed by atoms with E-state index in [1.165, 1.54) is 57.8 Å². The van der Waals surface area contributed by atoms with Gasteiger partial charge in [-0.25, -0.2) is 4.79 Å². The van der Waals surface area contributed by atoms with Crippen LogP contribution < -0.4 is 4.90 Å². The van der Waals surface area contributed by atoms with Gasteiger partial charge in [-0.1, -0.05) is 82.6 Å². The molecule has 0 amide bonds. The third-order valence-electron chi connectivity index (χ3n) is 5.46. The average molecular weight is 430 g/mol. The first kappa shape index (κ1) is 26.9. The molecule has 0 aliphatic rings. The normalized spacial score (nSPS) is 11.1. The summed E-state index contributed by atoms with van der Waals surface area (Å²) in [6.45, 7) is 2.26. The van der Waals surface area contributed by atoms with Crippen LogP contribution >= 0.6 is 0 Å². The zero-order valence-corrected chi connectivity index (χ0v) is 20.0. The van der Waals surface area contributed by atoms with Gasteiger partial charge in [0.2, 0.25) is 0 Å². The highest BCUT2D eigenvalue weighted by Gasteiger charge is 2.17. The molecule has 1 aromatic carbocycles. The molecule has 0 unspecified atom stereocenters. The van der Waals surface area contributed by atoms with Gasteiger partial charge in [0.25, 0.3) is 0 Å². The molecule has 174 valence electrons. The van der Waals surface area contributed by atoms with Crippen molar-refractivity contribution in [1.29, 1.82) is 0 Å². The van der Waals surface area contributed by atoms with Gasteiger partial charge >= 0.3 is 11.9 Å². The molecular weight excluding hydrogens is 386 g/mol. The Morgan fingerprint density at radius 3 is 1.97 bits per heavy atom. The molecule has 0 aliphatic carbocycles. The van der Waals surface area contributed by atoms with Gasteiger partial charge in [0.15, 0.2) is 0 Å². The van der Waals surface area contributed by atoms with Crippen LogP contribution in [-0.4, -0.2) is 26.0 Å². The van der Waals surface area contributed by atoms with E-state index in [1.807, 2.05) is 31.1 Å². The van der Waals surface area contributed by atoms with Gasteiger partial charge in [-0.3, -0.25) is 4.79 Å². The smallest absolute Gasteiger partial charge is 0.347 e. The Morgan fingerprint density at radius 1 is 0.806 bits per heavy atom. The third-order valence-corrected chi connectivity index (χ3v) is 5.46. The summed E-state index contributed by atoms with van der Waals surface area (Å²) in [6, 6.07) is 7.16. The van der Waals surface area contributed by atoms with Gasteiger partial charge in [0.1, 0.15) is 0 Å². The molecule has 31 heavy (non-hydrogen) atoms. The quantitative estimate of drug-likeness (QED) is 0.111. The number of benzene rings is 1. The number of hydrogen-bond donors (Lipinski definition) is 0. The second-order valence-electron chi connectivity index (χ2n) is 8.51. The van der Waals surface area contributed by atoms with Gasteiger partial charge in [0, 0.05) is 20.5 Å². The number of nitrogens with zero attached hydrogens (tertiary/aromatic N) is 1. The number of rotatable bonds is 17. The number of unbranched alkanes of at least 4 members (excludes halogenated alkanes) is 11. The van der Waals surface area contributed by atoms with Crippen molar-refractivity contribution in [2.24, 2.45) is 0 Å². The van der Waals surface area contributed by atoms with Crippen molar-refractivity contribution in [3.8, 4) is 0 Å². The minimum atomic E-state index is -0.568. The highest BCUT2D eigenvalue weighted by molar-refractivity contribution is 6.01. The lowest BCUT2D eigenvalue weighted by Gasteiger charge is -2.15. The van der Waals surface area contributed by atoms with E-state index in [1.54, 1.807) is 12.1 Å². The molecule has 0 N–H and O–H groups in total. The SMILES string of the molecule is CCCCCCCCC=CCCCCCCCC(=O)OC(=O)c1ccccc1N(C)C. The minimum absolute atomic E-state index is 0.300. The van der Waals surface area contributed by atoms with Crippen LogP contribution in [0.4, 0.5) is 5.69 Å². The highest BCUT2D eigenvalue weighted by atomic mass is 16.6. The van der Waals surface area contributed by atoms with E-state index in [2.05, 4.69) is 19.1 Å². The molecule has 0 heterocycles. The summed E-state index contributed by atoms with van der Waals surface area (Å²) in [5, 5.41) is 0. The number of carbonyl (C=O) groups is 2. The molecule has 0 spiro atoms. The van der Waals surface area contributed by atoms with Crippen molar-refractivity contribution in [3.63, 3.8) is 0 Å². The monoisotopic (exact) mass is 429 g/mol. The van der Waals surface area contributed by atoms with Crippen LogP contribution in [-0.2, 0) is 9.53 Å². The van der Waals surface area contributed by atoms with Crippen molar-refractivity contribution in [3.05, 3.63) is 42.0 Å². The number of allylic oxidation sites excluding steroid dienone is 2. The summed E-state index contributed by atoms with van der Waals surface area (Å²) in [7, 11) is 3.72. The summed E-state index contributed by atoms with van der Waals surface area (Å²) in [4.78, 5) is 26.1. The largest absolute Gasteiger partial charge is 0.389 e. The predicted octanol–water partition coefficient (Wildman–Crippen LogP) is 7.47. The molecule has 4 heteroatoms. The third kappa shape index (κ3) is 13.0. The standard InChI is InChI=1S/C27H43NO3/c1-4-5-6-7-8-9-10-11-12-13-14-15-16-17-18-23-26(29)31-27(30)24-21-19-20-22-25(24)28(2)3/h11-12,19-22H,4-10,13-18,23H2,1-3H3. The van der Waals surface area contributed by atoms with Gasteiger partial charge in [0.05, 0.1) is 11.3 Å². The van der Waals surface area contributed by atoms with Crippen molar-refractivity contribution in [1.82, 2.24) is 0 Å². The second kappa shape index (κ2) is 17.6. The Kier molecular flexibility index (Phi) is 15.3. The average Bonchev–Trinajstić information content (AvgIpc) is 2.76. The van der Waals surface area contributed by atoms with Gasteiger partial charge in [-0.15, -0.1) is 0 Å². The first-order chi connectivity index (χ1) is 15.1. The molecule has 0 aliphatic heterocycles. The Labute approximate surface area is 190 Å². The highest BCUT2D eigenvalue weighted by Crippen LogP contribution is 2.19. The van der Waals surface area contributed by atoms with Crippen LogP contribution in [0.25, 0.3) is 0 Å². The second-order valence-corrected chi connectivity index (χ2v) is 8.51. The fourth-order valence-corrected chi connectivity index (χ4v) is 3.59. The number of para-hydroxylation sites is 1. The number of ether oxygens (including phenoxy) is 1. The van der Waals surface area contributed by atoms with E-state index in [-0.39, 0.29) is 0 Å². The summed E-state index contributed by atoms with van der Waals surface area (Å²) >= 11 is 0. The lowest BCUT2D eigenvalue weighted by atomic mass is 10.1. The van der Waals surface area contributed by atoms with Gasteiger partial charge < -0.3 is 9.64 Å². The van der Waals surface area contributed by atoms with E-state index >= 15 is 0 Å². The topological polar surface area (TPSA) is 46.6 Å². The molecule has 4 nitrogen and oxygen atoms in total. The van der Waals surface area contributed by atoms with Crippen molar-refractivity contribution in [2.75, 3.05) is 19.0 Å². The maximum absolute atomic E-state index is 12.3. The molecule has 0 fully saturated rings. The molecule has 1 aromatic rings. The summed E-state index contributed by atoms with van der Waals surface area (Å²) < 4.78 is 5.03. The maximum Gasteiger partial charge on any atom is 0.347 e. The van der Waals surface area contributed by atoms with Crippen LogP contribution in [0.5, 0.6) is 0 Å². The summed E-state index contributed by atoms with van der Waals surface area (Å²) in [5.41, 5.74) is 1.17. The molecule has 0 atom stereocenters. The Hall–Kier alpha value is -2.10. The van der Waals surface area contributed by atoms with E-state index in [9.17, 15) is 9.59 Å². The molecule has 0 bridgehead atoms. The lowest BCUT2D eigenvalue weighted by molar-refractivity contribution is -0.138. The van der Waals surface area contributed by atoms with Crippen LogP contribution in [0.1, 0.15) is 107 Å². The Morgan fingerprint density at radius 2 is 1.35 bits per heavy atom. The number of carbonyl (C=O) groups excluding carboxylic acids is 2. The molecule has 0 radical (unpaired) electrons. The molecule has 0 aromatic heterocycles. The minimum Gasteiger partial charge on any atom is -0.389 e. The fourth-order valence-electron chi connectivity index (χ4n) is 3.59. The lowest BCUT2D eigenvalue weighted by Crippen LogP contribution is -2.17. The van der Waals surface area contributed by atoms with Crippen LogP contribution in [0.3, 0.4) is 0 Å². The predicted molar refractivity (Wildman–Crippen MR) is 131 cm³/mol.